The van der Waals surface area contributed by atoms with Crippen LogP contribution in [0.15, 0.2) is 4.42 Å². The average Bonchev–Trinajstić information content (AvgIpc) is 2.68. The van der Waals surface area contributed by atoms with Crippen molar-refractivity contribution in [2.24, 2.45) is 5.92 Å². The van der Waals surface area contributed by atoms with Gasteiger partial charge in [0.05, 0.1) is 6.54 Å². The summed E-state index contributed by atoms with van der Waals surface area (Å²) in [5.41, 5.74) is 0. The van der Waals surface area contributed by atoms with Crippen LogP contribution in [0, 0.1) is 5.92 Å². The van der Waals surface area contributed by atoms with Crippen LogP contribution in [0.25, 0.3) is 0 Å². The summed E-state index contributed by atoms with van der Waals surface area (Å²) in [5.74, 6) is 2.28. The van der Waals surface area contributed by atoms with Crippen molar-refractivity contribution in [3.8, 4) is 0 Å². The van der Waals surface area contributed by atoms with Gasteiger partial charge in [-0.15, -0.1) is 10.2 Å². The highest BCUT2D eigenvalue weighted by Crippen LogP contribution is 2.26. The summed E-state index contributed by atoms with van der Waals surface area (Å²) in [6.45, 7) is 0.664. The summed E-state index contributed by atoms with van der Waals surface area (Å²) in [7, 11) is 1.88. The summed E-state index contributed by atoms with van der Waals surface area (Å²) in [6.07, 6.45) is 7.74. The highest BCUT2D eigenvalue weighted by atomic mass is 16.4. The van der Waals surface area contributed by atoms with Crippen LogP contribution >= 0.6 is 0 Å². The molecule has 0 spiro atoms. The number of aromatic nitrogens is 2. The number of hydrogen-bond acceptors (Lipinski definition) is 4. The van der Waals surface area contributed by atoms with E-state index in [0.29, 0.717) is 12.4 Å². The van der Waals surface area contributed by atoms with Crippen molar-refractivity contribution in [1.29, 1.82) is 0 Å². The first-order valence-corrected chi connectivity index (χ1v) is 5.84. The molecule has 4 nitrogen and oxygen atoms in total. The zero-order chi connectivity index (χ0) is 10.5. The largest absolute Gasteiger partial charge is 0.424 e. The lowest BCUT2D eigenvalue weighted by atomic mass is 9.87. The Morgan fingerprint density at radius 1 is 1.20 bits per heavy atom. The zero-order valence-electron chi connectivity index (χ0n) is 9.33. The van der Waals surface area contributed by atoms with E-state index in [0.717, 1.165) is 18.2 Å². The molecule has 1 aromatic heterocycles. The first kappa shape index (κ1) is 10.6. The van der Waals surface area contributed by atoms with Crippen molar-refractivity contribution in [3.63, 3.8) is 0 Å². The van der Waals surface area contributed by atoms with Gasteiger partial charge in [-0.05, 0) is 25.8 Å². The van der Waals surface area contributed by atoms with Crippen molar-refractivity contribution in [1.82, 2.24) is 15.5 Å². The third kappa shape index (κ3) is 3.02. The first-order valence-electron chi connectivity index (χ1n) is 5.84. The molecule has 1 fully saturated rings. The van der Waals surface area contributed by atoms with Crippen molar-refractivity contribution >= 4 is 0 Å². The highest BCUT2D eigenvalue weighted by molar-refractivity contribution is 4.84. The number of nitrogens with one attached hydrogen (secondary N) is 1. The summed E-state index contributed by atoms with van der Waals surface area (Å²) in [6, 6.07) is 0. The van der Waals surface area contributed by atoms with Gasteiger partial charge in [0.25, 0.3) is 0 Å². The van der Waals surface area contributed by atoms with Crippen molar-refractivity contribution in [3.05, 3.63) is 11.8 Å². The second-order valence-corrected chi connectivity index (χ2v) is 4.33. The van der Waals surface area contributed by atoms with E-state index in [-0.39, 0.29) is 0 Å². The van der Waals surface area contributed by atoms with Gasteiger partial charge in [0.15, 0.2) is 0 Å². The molecule has 0 unspecified atom stereocenters. The monoisotopic (exact) mass is 209 g/mol. The zero-order valence-corrected chi connectivity index (χ0v) is 9.33. The normalized spacial score (nSPS) is 18.2. The van der Waals surface area contributed by atoms with Gasteiger partial charge >= 0.3 is 0 Å². The Kier molecular flexibility index (Phi) is 3.72. The van der Waals surface area contributed by atoms with Crippen molar-refractivity contribution in [2.75, 3.05) is 7.05 Å². The number of rotatable bonds is 4. The third-order valence-electron chi connectivity index (χ3n) is 3.02. The average molecular weight is 209 g/mol. The maximum Gasteiger partial charge on any atom is 0.230 e. The Morgan fingerprint density at radius 3 is 2.67 bits per heavy atom. The minimum absolute atomic E-state index is 0.664. The molecule has 4 heteroatoms. The van der Waals surface area contributed by atoms with E-state index >= 15 is 0 Å². The first-order chi connectivity index (χ1) is 7.38. The number of nitrogens with zero attached hydrogens (tertiary/aromatic N) is 2. The second kappa shape index (κ2) is 5.26. The molecule has 84 valence electrons. The quantitative estimate of drug-likeness (QED) is 0.823. The Bertz CT molecular complexity index is 292. The van der Waals surface area contributed by atoms with Gasteiger partial charge in [0.2, 0.25) is 11.8 Å². The second-order valence-electron chi connectivity index (χ2n) is 4.33. The maximum atomic E-state index is 5.54. The van der Waals surface area contributed by atoms with Crippen LogP contribution in [0.3, 0.4) is 0 Å². The van der Waals surface area contributed by atoms with Crippen LogP contribution in [-0.4, -0.2) is 17.2 Å². The summed E-state index contributed by atoms with van der Waals surface area (Å²) < 4.78 is 5.54. The summed E-state index contributed by atoms with van der Waals surface area (Å²) in [5, 5.41) is 11.1. The van der Waals surface area contributed by atoms with Gasteiger partial charge < -0.3 is 9.73 Å². The smallest absolute Gasteiger partial charge is 0.230 e. The molecule has 0 saturated heterocycles. The van der Waals surface area contributed by atoms with Crippen molar-refractivity contribution in [2.45, 2.75) is 45.1 Å². The van der Waals surface area contributed by atoms with Crippen LogP contribution in [0.4, 0.5) is 0 Å². The molecule has 0 bridgehead atoms. The molecule has 0 amide bonds. The van der Waals surface area contributed by atoms with E-state index in [1.807, 2.05) is 7.05 Å². The predicted octanol–water partition coefficient (Wildman–Crippen LogP) is 1.91. The predicted molar refractivity (Wildman–Crippen MR) is 57.3 cm³/mol. The molecular formula is C11H19N3O. The Morgan fingerprint density at radius 2 is 1.93 bits per heavy atom. The molecule has 1 N–H and O–H groups in total. The molecule has 1 saturated carbocycles. The maximum absolute atomic E-state index is 5.54. The van der Waals surface area contributed by atoms with Crippen LogP contribution in [0.5, 0.6) is 0 Å². The molecule has 1 aromatic rings. The van der Waals surface area contributed by atoms with E-state index in [9.17, 15) is 0 Å². The van der Waals surface area contributed by atoms with Gasteiger partial charge in [-0.25, -0.2) is 0 Å². The Hall–Kier alpha value is -0.900. The fourth-order valence-electron chi connectivity index (χ4n) is 2.23. The van der Waals surface area contributed by atoms with Gasteiger partial charge in [0, 0.05) is 6.42 Å². The summed E-state index contributed by atoms with van der Waals surface area (Å²) >= 11 is 0. The van der Waals surface area contributed by atoms with Crippen LogP contribution in [-0.2, 0) is 13.0 Å². The topological polar surface area (TPSA) is 51.0 Å². The molecule has 1 heterocycles. The van der Waals surface area contributed by atoms with E-state index < -0.39 is 0 Å². The molecule has 0 aromatic carbocycles. The number of hydrogen-bond donors (Lipinski definition) is 1. The Balaban J connectivity index is 1.86. The van der Waals surface area contributed by atoms with Gasteiger partial charge in [-0.3, -0.25) is 0 Å². The lowest BCUT2D eigenvalue weighted by Gasteiger charge is -2.19. The van der Waals surface area contributed by atoms with E-state index in [1.165, 1.54) is 32.1 Å². The molecule has 0 aliphatic heterocycles. The standard InChI is InChI=1S/C11H19N3O/c1-12-8-11-14-13-10(15-11)7-9-5-3-2-4-6-9/h9,12H,2-8H2,1H3. The molecular weight excluding hydrogens is 190 g/mol. The molecule has 1 aliphatic rings. The molecule has 1 aliphatic carbocycles. The van der Waals surface area contributed by atoms with Gasteiger partial charge in [0.1, 0.15) is 0 Å². The van der Waals surface area contributed by atoms with Crippen LogP contribution in [0.1, 0.15) is 43.9 Å². The van der Waals surface area contributed by atoms with E-state index in [4.69, 9.17) is 4.42 Å². The van der Waals surface area contributed by atoms with E-state index in [2.05, 4.69) is 15.5 Å². The van der Waals surface area contributed by atoms with Crippen molar-refractivity contribution < 1.29 is 4.42 Å². The molecule has 0 radical (unpaired) electrons. The Labute approximate surface area is 90.5 Å². The lowest BCUT2D eigenvalue weighted by molar-refractivity contribution is 0.323. The third-order valence-corrected chi connectivity index (χ3v) is 3.02. The van der Waals surface area contributed by atoms with E-state index in [1.54, 1.807) is 0 Å². The minimum Gasteiger partial charge on any atom is -0.424 e. The fourth-order valence-corrected chi connectivity index (χ4v) is 2.23. The van der Waals surface area contributed by atoms with Crippen LogP contribution < -0.4 is 5.32 Å². The van der Waals surface area contributed by atoms with Crippen LogP contribution in [0.2, 0.25) is 0 Å². The molecule has 15 heavy (non-hydrogen) atoms. The van der Waals surface area contributed by atoms with Gasteiger partial charge in [-0.1, -0.05) is 19.3 Å². The SMILES string of the molecule is CNCc1nnc(CC2CCCCC2)o1. The minimum atomic E-state index is 0.664. The summed E-state index contributed by atoms with van der Waals surface area (Å²) in [4.78, 5) is 0. The molecule has 0 atom stereocenters. The fraction of sp³-hybridized carbons (Fsp3) is 0.818. The lowest BCUT2D eigenvalue weighted by Crippen LogP contribution is -2.09. The molecule has 2 rings (SSSR count). The highest BCUT2D eigenvalue weighted by Gasteiger charge is 2.17. The van der Waals surface area contributed by atoms with Gasteiger partial charge in [-0.2, -0.15) is 0 Å².